The van der Waals surface area contributed by atoms with E-state index in [0.717, 1.165) is 11.1 Å². The smallest absolute Gasteiger partial charge is 0.223 e. The van der Waals surface area contributed by atoms with Gasteiger partial charge in [-0.05, 0) is 49.7 Å². The summed E-state index contributed by atoms with van der Waals surface area (Å²) in [5.74, 6) is 0.179. The zero-order valence-corrected chi connectivity index (χ0v) is 17.4. The average molecular weight is 418 g/mol. The van der Waals surface area contributed by atoms with Crippen molar-refractivity contribution in [3.05, 3.63) is 78.2 Å². The molecular weight excluding hydrogens is 395 g/mol. The molecule has 1 N–H and O–H groups in total. The van der Waals surface area contributed by atoms with E-state index in [1.807, 2.05) is 25.1 Å². The fraction of sp³-hybridized carbons (Fsp3) is 0.217. The molecule has 0 bridgehead atoms. The van der Waals surface area contributed by atoms with Crippen LogP contribution in [0.3, 0.4) is 0 Å². The van der Waals surface area contributed by atoms with Gasteiger partial charge in [0.05, 0.1) is 11.7 Å². The Bertz CT molecular complexity index is 1130. The minimum atomic E-state index is -0.310. The van der Waals surface area contributed by atoms with Gasteiger partial charge >= 0.3 is 0 Å². The van der Waals surface area contributed by atoms with E-state index in [1.54, 1.807) is 29.1 Å². The maximum atomic E-state index is 13.4. The molecule has 0 amide bonds. The van der Waals surface area contributed by atoms with Crippen molar-refractivity contribution in [2.45, 2.75) is 26.6 Å². The molecule has 4 rings (SSSR count). The average Bonchev–Trinajstić information content (AvgIpc) is 3.23. The monoisotopic (exact) mass is 418 g/mol. The van der Waals surface area contributed by atoms with Crippen LogP contribution < -0.4 is 5.32 Å². The Morgan fingerprint density at radius 3 is 2.58 bits per heavy atom. The number of nitrogens with one attached hydrogen (secondary N) is 1. The number of ether oxygens (including phenoxy) is 1. The van der Waals surface area contributed by atoms with Crippen LogP contribution in [0.4, 0.5) is 10.3 Å². The molecule has 2 heterocycles. The van der Waals surface area contributed by atoms with Crippen molar-refractivity contribution in [2.24, 2.45) is 0 Å². The SMILES string of the molecule is CCOCn1nnc(-c2ccc(F)cc2)c1-c1ccnc(N[C@H](C)c2ccccc2)n1. The van der Waals surface area contributed by atoms with Crippen molar-refractivity contribution >= 4 is 5.95 Å². The highest BCUT2D eigenvalue weighted by atomic mass is 19.1. The molecular formula is C23H23FN6O. The van der Waals surface area contributed by atoms with Crippen molar-refractivity contribution in [2.75, 3.05) is 11.9 Å². The molecule has 0 aliphatic rings. The van der Waals surface area contributed by atoms with Crippen molar-refractivity contribution in [3.63, 3.8) is 0 Å². The molecule has 31 heavy (non-hydrogen) atoms. The highest BCUT2D eigenvalue weighted by Gasteiger charge is 2.19. The summed E-state index contributed by atoms with van der Waals surface area (Å²) in [6.07, 6.45) is 1.69. The number of aromatic nitrogens is 5. The van der Waals surface area contributed by atoms with E-state index in [1.165, 1.54) is 12.1 Å². The Morgan fingerprint density at radius 2 is 1.84 bits per heavy atom. The molecule has 0 spiro atoms. The number of rotatable bonds is 8. The summed E-state index contributed by atoms with van der Waals surface area (Å²) in [6.45, 7) is 4.73. The quantitative estimate of drug-likeness (QED) is 0.447. The first-order valence-electron chi connectivity index (χ1n) is 10.1. The molecule has 0 aliphatic heterocycles. The van der Waals surface area contributed by atoms with Crippen LogP contribution in [0, 0.1) is 5.82 Å². The van der Waals surface area contributed by atoms with Crippen molar-refractivity contribution < 1.29 is 9.13 Å². The molecule has 1 atom stereocenters. The predicted molar refractivity (Wildman–Crippen MR) is 117 cm³/mol. The molecule has 2 aromatic heterocycles. The van der Waals surface area contributed by atoms with Gasteiger partial charge in [-0.2, -0.15) is 0 Å². The predicted octanol–water partition coefficient (Wildman–Crippen LogP) is 4.71. The zero-order chi connectivity index (χ0) is 21.6. The summed E-state index contributed by atoms with van der Waals surface area (Å²) < 4.78 is 20.6. The number of anilines is 1. The van der Waals surface area contributed by atoms with Crippen molar-refractivity contribution in [3.8, 4) is 22.6 Å². The van der Waals surface area contributed by atoms with Crippen LogP contribution in [0.15, 0.2) is 66.9 Å². The standard InChI is InChI=1S/C23H23FN6O/c1-3-31-15-30-22(21(28-29-30)18-9-11-19(24)12-10-18)20-13-14-25-23(27-20)26-16(2)17-7-5-4-6-8-17/h4-14,16H,3,15H2,1-2H3,(H,25,26,27)/t16-/m1/s1. The molecule has 0 saturated carbocycles. The molecule has 0 unspecified atom stereocenters. The van der Waals surface area contributed by atoms with Crippen molar-refractivity contribution in [1.82, 2.24) is 25.0 Å². The van der Waals surface area contributed by atoms with Gasteiger partial charge < -0.3 is 10.1 Å². The van der Waals surface area contributed by atoms with E-state index in [0.29, 0.717) is 29.6 Å². The number of hydrogen-bond donors (Lipinski definition) is 1. The Morgan fingerprint density at radius 1 is 1.06 bits per heavy atom. The van der Waals surface area contributed by atoms with Crippen LogP contribution in [0.2, 0.25) is 0 Å². The maximum absolute atomic E-state index is 13.4. The second-order valence-electron chi connectivity index (χ2n) is 6.96. The number of nitrogens with zero attached hydrogens (tertiary/aromatic N) is 5. The van der Waals surface area contributed by atoms with E-state index in [4.69, 9.17) is 9.72 Å². The summed E-state index contributed by atoms with van der Waals surface area (Å²) in [5.41, 5.74) is 3.79. The van der Waals surface area contributed by atoms with E-state index in [9.17, 15) is 4.39 Å². The molecule has 0 radical (unpaired) electrons. The van der Waals surface area contributed by atoms with E-state index >= 15 is 0 Å². The second kappa shape index (κ2) is 9.44. The third kappa shape index (κ3) is 4.75. The lowest BCUT2D eigenvalue weighted by molar-refractivity contribution is 0.0790. The fourth-order valence-electron chi connectivity index (χ4n) is 3.22. The molecule has 4 aromatic rings. The minimum Gasteiger partial charge on any atom is -0.359 e. The fourth-order valence-corrected chi connectivity index (χ4v) is 3.22. The molecule has 0 fully saturated rings. The summed E-state index contributed by atoms with van der Waals surface area (Å²) in [5, 5.41) is 11.9. The second-order valence-corrected chi connectivity index (χ2v) is 6.96. The van der Waals surface area contributed by atoms with E-state index < -0.39 is 0 Å². The Kier molecular flexibility index (Phi) is 6.28. The first-order valence-corrected chi connectivity index (χ1v) is 10.1. The third-order valence-corrected chi connectivity index (χ3v) is 4.81. The Balaban J connectivity index is 1.70. The van der Waals surface area contributed by atoms with Crippen LogP contribution in [0.5, 0.6) is 0 Å². The molecule has 0 aliphatic carbocycles. The van der Waals surface area contributed by atoms with Crippen LogP contribution in [0.25, 0.3) is 22.6 Å². The minimum absolute atomic E-state index is 0.0273. The highest BCUT2D eigenvalue weighted by molar-refractivity contribution is 5.76. The van der Waals surface area contributed by atoms with Crippen LogP contribution >= 0.6 is 0 Å². The largest absolute Gasteiger partial charge is 0.359 e. The summed E-state index contributed by atoms with van der Waals surface area (Å²) in [7, 11) is 0. The molecule has 7 nitrogen and oxygen atoms in total. The number of halogens is 1. The summed E-state index contributed by atoms with van der Waals surface area (Å²) >= 11 is 0. The summed E-state index contributed by atoms with van der Waals surface area (Å²) in [4.78, 5) is 9.07. The van der Waals surface area contributed by atoms with Gasteiger partial charge in [0, 0.05) is 18.4 Å². The molecule has 2 aromatic carbocycles. The van der Waals surface area contributed by atoms with Gasteiger partial charge in [-0.3, -0.25) is 0 Å². The van der Waals surface area contributed by atoms with Gasteiger partial charge in [0.1, 0.15) is 23.9 Å². The zero-order valence-electron chi connectivity index (χ0n) is 17.4. The van der Waals surface area contributed by atoms with Gasteiger partial charge in [-0.25, -0.2) is 19.0 Å². The van der Waals surface area contributed by atoms with Gasteiger partial charge in [0.2, 0.25) is 5.95 Å². The van der Waals surface area contributed by atoms with Crippen LogP contribution in [-0.2, 0) is 11.5 Å². The first-order chi connectivity index (χ1) is 15.2. The first kappa shape index (κ1) is 20.6. The molecule has 8 heteroatoms. The van der Waals surface area contributed by atoms with E-state index in [-0.39, 0.29) is 18.6 Å². The lowest BCUT2D eigenvalue weighted by atomic mass is 10.1. The lowest BCUT2D eigenvalue weighted by Crippen LogP contribution is -2.11. The molecule has 158 valence electrons. The number of benzene rings is 2. The van der Waals surface area contributed by atoms with Gasteiger partial charge in [-0.1, -0.05) is 35.5 Å². The topological polar surface area (TPSA) is 77.8 Å². The third-order valence-electron chi connectivity index (χ3n) is 4.81. The van der Waals surface area contributed by atoms with Crippen molar-refractivity contribution in [1.29, 1.82) is 0 Å². The highest BCUT2D eigenvalue weighted by Crippen LogP contribution is 2.30. The van der Waals surface area contributed by atoms with Gasteiger partial charge in [0.25, 0.3) is 0 Å². The summed E-state index contributed by atoms with van der Waals surface area (Å²) in [6, 6.07) is 18.0. The molecule has 0 saturated heterocycles. The van der Waals surface area contributed by atoms with Crippen LogP contribution in [-0.4, -0.2) is 31.6 Å². The van der Waals surface area contributed by atoms with Gasteiger partial charge in [-0.15, -0.1) is 5.10 Å². The Hall–Kier alpha value is -3.65. The lowest BCUT2D eigenvalue weighted by Gasteiger charge is -2.15. The van der Waals surface area contributed by atoms with Gasteiger partial charge in [0.15, 0.2) is 0 Å². The normalized spacial score (nSPS) is 12.0. The Labute approximate surface area is 179 Å². The number of hydrogen-bond acceptors (Lipinski definition) is 6. The van der Waals surface area contributed by atoms with E-state index in [2.05, 4.69) is 39.7 Å². The maximum Gasteiger partial charge on any atom is 0.223 e. The van der Waals surface area contributed by atoms with Crippen LogP contribution in [0.1, 0.15) is 25.5 Å².